The topological polar surface area (TPSA) is 84.2 Å². The van der Waals surface area contributed by atoms with Crippen LogP contribution in [0.2, 0.25) is 0 Å². The van der Waals surface area contributed by atoms with Crippen LogP contribution < -0.4 is 16.4 Å². The predicted molar refractivity (Wildman–Crippen MR) is 73.0 cm³/mol. The van der Waals surface area contributed by atoms with Crippen LogP contribution in [0.4, 0.5) is 0 Å². The van der Waals surface area contributed by atoms with E-state index in [1.54, 1.807) is 0 Å². The van der Waals surface area contributed by atoms with Crippen LogP contribution in [-0.2, 0) is 9.59 Å². The van der Waals surface area contributed by atoms with Gasteiger partial charge in [0.05, 0.1) is 12.0 Å². The number of nitrogens with one attached hydrogen (secondary N) is 2. The van der Waals surface area contributed by atoms with Gasteiger partial charge in [-0.3, -0.25) is 9.59 Å². The van der Waals surface area contributed by atoms with Crippen LogP contribution in [0, 0.1) is 5.41 Å². The van der Waals surface area contributed by atoms with Crippen molar-refractivity contribution in [2.75, 3.05) is 13.1 Å². The average Bonchev–Trinajstić information content (AvgIpc) is 2.27. The van der Waals surface area contributed by atoms with Gasteiger partial charge in [-0.05, 0) is 33.6 Å². The Labute approximate surface area is 110 Å². The second kappa shape index (κ2) is 6.73. The molecule has 0 radical (unpaired) electrons. The molecule has 0 fully saturated rings. The summed E-state index contributed by atoms with van der Waals surface area (Å²) < 4.78 is 0. The molecule has 0 saturated carbocycles. The number of carbonyl (C=O) groups excluding carboxylic acids is 2. The number of nitrogens with two attached hydrogens (primary N) is 1. The first-order valence-corrected chi connectivity index (χ1v) is 6.50. The molecule has 0 aromatic heterocycles. The predicted octanol–water partition coefficient (Wildman–Crippen LogP) is 0.782. The van der Waals surface area contributed by atoms with E-state index < -0.39 is 5.41 Å². The molecule has 0 aliphatic rings. The summed E-state index contributed by atoms with van der Waals surface area (Å²) in [6.07, 6.45) is 1.35. The summed E-state index contributed by atoms with van der Waals surface area (Å²) in [6.45, 7) is 9.86. The van der Waals surface area contributed by atoms with Gasteiger partial charge in [-0.25, -0.2) is 0 Å². The van der Waals surface area contributed by atoms with Crippen LogP contribution in [0.3, 0.4) is 0 Å². The number of rotatable bonds is 6. The molecular weight excluding hydrogens is 230 g/mol. The highest BCUT2D eigenvalue weighted by Crippen LogP contribution is 2.24. The van der Waals surface area contributed by atoms with Crippen molar-refractivity contribution in [3.63, 3.8) is 0 Å². The zero-order valence-corrected chi connectivity index (χ0v) is 12.2. The molecule has 0 bridgehead atoms. The van der Waals surface area contributed by atoms with Gasteiger partial charge in [0.15, 0.2) is 0 Å². The van der Waals surface area contributed by atoms with Crippen molar-refractivity contribution in [3.8, 4) is 0 Å². The van der Waals surface area contributed by atoms with Crippen molar-refractivity contribution in [3.05, 3.63) is 0 Å². The Morgan fingerprint density at radius 3 is 1.94 bits per heavy atom. The summed E-state index contributed by atoms with van der Waals surface area (Å²) in [5.74, 6) is -0.326. The summed E-state index contributed by atoms with van der Waals surface area (Å²) >= 11 is 0. The fourth-order valence-electron chi connectivity index (χ4n) is 1.76. The molecule has 0 unspecified atom stereocenters. The van der Waals surface area contributed by atoms with Crippen molar-refractivity contribution in [1.29, 1.82) is 0 Å². The Kier molecular flexibility index (Phi) is 6.32. The molecule has 0 heterocycles. The van der Waals surface area contributed by atoms with E-state index in [2.05, 4.69) is 10.6 Å². The van der Waals surface area contributed by atoms with Crippen molar-refractivity contribution in [1.82, 2.24) is 10.6 Å². The zero-order valence-electron chi connectivity index (χ0n) is 12.2. The van der Waals surface area contributed by atoms with E-state index >= 15 is 0 Å². The third kappa shape index (κ3) is 5.04. The third-order valence-corrected chi connectivity index (χ3v) is 3.15. The van der Waals surface area contributed by atoms with Gasteiger partial charge in [-0.1, -0.05) is 13.8 Å². The largest absolute Gasteiger partial charge is 0.350 e. The first-order valence-electron chi connectivity index (χ1n) is 6.50. The summed E-state index contributed by atoms with van der Waals surface area (Å²) in [5.41, 5.74) is 4.83. The highest BCUT2D eigenvalue weighted by molar-refractivity contribution is 5.88. The Morgan fingerprint density at radius 2 is 1.61 bits per heavy atom. The minimum absolute atomic E-state index is 0.00213. The first kappa shape index (κ1) is 16.9. The lowest BCUT2D eigenvalue weighted by Gasteiger charge is -2.28. The van der Waals surface area contributed by atoms with E-state index in [0.29, 0.717) is 19.4 Å². The van der Waals surface area contributed by atoms with Crippen molar-refractivity contribution in [2.45, 2.75) is 53.0 Å². The minimum atomic E-state index is -0.554. The van der Waals surface area contributed by atoms with E-state index in [-0.39, 0.29) is 23.9 Å². The fraction of sp³-hybridized carbons (Fsp3) is 0.846. The van der Waals surface area contributed by atoms with Gasteiger partial charge in [0.25, 0.3) is 0 Å². The Morgan fingerprint density at radius 1 is 1.11 bits per heavy atom. The van der Waals surface area contributed by atoms with Crippen LogP contribution >= 0.6 is 0 Å². The summed E-state index contributed by atoms with van der Waals surface area (Å²) in [5, 5.41) is 5.46. The molecule has 0 saturated heterocycles. The molecule has 18 heavy (non-hydrogen) atoms. The molecule has 0 spiro atoms. The molecule has 0 aliphatic carbocycles. The Balaban J connectivity index is 4.37. The quantitative estimate of drug-likeness (QED) is 0.657. The van der Waals surface area contributed by atoms with Crippen molar-refractivity contribution in [2.24, 2.45) is 11.1 Å². The standard InChI is InChI=1S/C13H27N3O2/c1-6-13(7-2,9-14)11(18)15-8-10(17)16-12(3,4)5/h6-9,14H2,1-5H3,(H,15,18)(H,16,17). The Bertz CT molecular complexity index is 283. The maximum Gasteiger partial charge on any atom is 0.239 e. The molecule has 0 atom stereocenters. The zero-order chi connectivity index (χ0) is 14.4. The van der Waals surface area contributed by atoms with Gasteiger partial charge in [0.1, 0.15) is 0 Å². The molecule has 106 valence electrons. The number of amides is 2. The smallest absolute Gasteiger partial charge is 0.239 e. The van der Waals surface area contributed by atoms with Crippen molar-refractivity contribution < 1.29 is 9.59 Å². The number of hydrogen-bond acceptors (Lipinski definition) is 3. The van der Waals surface area contributed by atoms with Crippen LogP contribution in [0.25, 0.3) is 0 Å². The molecule has 4 N–H and O–H groups in total. The van der Waals surface area contributed by atoms with Gasteiger partial charge in [0.2, 0.25) is 11.8 Å². The average molecular weight is 257 g/mol. The Hall–Kier alpha value is -1.10. The van der Waals surface area contributed by atoms with Gasteiger partial charge < -0.3 is 16.4 Å². The fourth-order valence-corrected chi connectivity index (χ4v) is 1.76. The lowest BCUT2D eigenvalue weighted by molar-refractivity contribution is -0.133. The molecule has 0 aromatic carbocycles. The first-order chi connectivity index (χ1) is 8.20. The van der Waals surface area contributed by atoms with Gasteiger partial charge in [-0.2, -0.15) is 0 Å². The van der Waals surface area contributed by atoms with E-state index in [9.17, 15) is 9.59 Å². The molecule has 5 nitrogen and oxygen atoms in total. The van der Waals surface area contributed by atoms with Crippen LogP contribution in [-0.4, -0.2) is 30.4 Å². The number of carbonyl (C=O) groups is 2. The number of hydrogen-bond donors (Lipinski definition) is 3. The highest BCUT2D eigenvalue weighted by atomic mass is 16.2. The molecular formula is C13H27N3O2. The minimum Gasteiger partial charge on any atom is -0.350 e. The SMILES string of the molecule is CCC(CC)(CN)C(=O)NCC(=O)NC(C)(C)C. The molecule has 5 heteroatoms. The monoisotopic (exact) mass is 257 g/mol. The van der Waals surface area contributed by atoms with Gasteiger partial charge >= 0.3 is 0 Å². The summed E-state index contributed by atoms with van der Waals surface area (Å²) in [4.78, 5) is 23.7. The normalized spacial score (nSPS) is 12.1. The van der Waals surface area contributed by atoms with E-state index in [1.807, 2.05) is 34.6 Å². The van der Waals surface area contributed by atoms with Gasteiger partial charge in [0, 0.05) is 12.1 Å². The maximum atomic E-state index is 12.1. The molecule has 2 amide bonds. The summed E-state index contributed by atoms with van der Waals surface area (Å²) in [6, 6.07) is 0. The molecule has 0 rings (SSSR count). The van der Waals surface area contributed by atoms with Gasteiger partial charge in [-0.15, -0.1) is 0 Å². The van der Waals surface area contributed by atoms with Crippen LogP contribution in [0.5, 0.6) is 0 Å². The maximum absolute atomic E-state index is 12.1. The lowest BCUT2D eigenvalue weighted by atomic mass is 9.81. The van der Waals surface area contributed by atoms with Crippen molar-refractivity contribution >= 4 is 11.8 Å². The van der Waals surface area contributed by atoms with E-state index in [0.717, 1.165) is 0 Å². The summed E-state index contributed by atoms with van der Waals surface area (Å²) in [7, 11) is 0. The van der Waals surface area contributed by atoms with E-state index in [4.69, 9.17) is 5.73 Å². The van der Waals surface area contributed by atoms with Crippen LogP contribution in [0.1, 0.15) is 47.5 Å². The lowest BCUT2D eigenvalue weighted by Crippen LogP contribution is -2.50. The molecule has 0 aliphatic heterocycles. The second-order valence-corrected chi connectivity index (χ2v) is 5.67. The second-order valence-electron chi connectivity index (χ2n) is 5.67. The third-order valence-electron chi connectivity index (χ3n) is 3.15. The van der Waals surface area contributed by atoms with E-state index in [1.165, 1.54) is 0 Å². The van der Waals surface area contributed by atoms with Crippen LogP contribution in [0.15, 0.2) is 0 Å². The molecule has 0 aromatic rings. The highest BCUT2D eigenvalue weighted by Gasteiger charge is 2.33.